The molecule has 0 fully saturated rings. The molecule has 1 unspecified atom stereocenters. The van der Waals surface area contributed by atoms with Crippen LogP contribution in [0.1, 0.15) is 52.5 Å². The first-order chi connectivity index (χ1) is 15.8. The van der Waals surface area contributed by atoms with E-state index < -0.39 is 5.97 Å². The van der Waals surface area contributed by atoms with Gasteiger partial charge in [-0.25, -0.2) is 4.99 Å². The number of aryl methyl sites for hydroxylation is 1. The normalized spacial score (nSPS) is 23.0. The quantitative estimate of drug-likeness (QED) is 0.686. The molecule has 0 saturated heterocycles. The summed E-state index contributed by atoms with van der Waals surface area (Å²) in [6.45, 7) is 11.5. The number of rotatable bonds is 5. The highest BCUT2D eigenvalue weighted by atomic mass is 16.5. The average molecular weight is 448 g/mol. The molecule has 1 N–H and O–H groups in total. The van der Waals surface area contributed by atoms with E-state index in [2.05, 4.69) is 67.9 Å². The van der Waals surface area contributed by atoms with Crippen molar-refractivity contribution in [1.29, 1.82) is 0 Å². The number of hydrogen-bond acceptors (Lipinski definition) is 5. The minimum absolute atomic E-state index is 0.0408. The summed E-state index contributed by atoms with van der Waals surface area (Å²) in [5.41, 5.74) is 6.68. The Kier molecular flexibility index (Phi) is 5.44. The van der Waals surface area contributed by atoms with Crippen molar-refractivity contribution < 1.29 is 14.6 Å². The Morgan fingerprint density at radius 3 is 2.91 bits per heavy atom. The predicted molar refractivity (Wildman–Crippen MR) is 132 cm³/mol. The fourth-order valence-electron chi connectivity index (χ4n) is 5.71. The zero-order valence-corrected chi connectivity index (χ0v) is 20.0. The summed E-state index contributed by atoms with van der Waals surface area (Å²) in [6, 6.07) is 4.40. The molecular weight excluding hydrogens is 414 g/mol. The second-order valence-electron chi connectivity index (χ2n) is 9.98. The first kappa shape index (κ1) is 22.0. The molecule has 1 aromatic carbocycles. The van der Waals surface area contributed by atoms with Crippen LogP contribution in [0.5, 0.6) is 5.75 Å². The molecule has 33 heavy (non-hydrogen) atoms. The summed E-state index contributed by atoms with van der Waals surface area (Å²) in [7, 11) is 0. The maximum absolute atomic E-state index is 11.1. The smallest absolute Gasteiger partial charge is 0.303 e. The van der Waals surface area contributed by atoms with Gasteiger partial charge in [-0.15, -0.1) is 0 Å². The van der Waals surface area contributed by atoms with E-state index in [0.717, 1.165) is 42.4 Å². The Labute approximate surface area is 195 Å². The molecule has 6 heteroatoms. The largest absolute Gasteiger partial charge is 0.481 e. The van der Waals surface area contributed by atoms with Crippen LogP contribution in [0.25, 0.3) is 0 Å². The van der Waals surface area contributed by atoms with E-state index in [1.54, 1.807) is 0 Å². The van der Waals surface area contributed by atoms with Crippen LogP contribution in [0.3, 0.4) is 0 Å². The van der Waals surface area contributed by atoms with Gasteiger partial charge in [0.15, 0.2) is 11.5 Å². The maximum atomic E-state index is 11.1. The highest BCUT2D eigenvalue weighted by molar-refractivity contribution is 6.12. The van der Waals surface area contributed by atoms with Gasteiger partial charge in [0, 0.05) is 43.3 Å². The highest BCUT2D eigenvalue weighted by Crippen LogP contribution is 2.44. The van der Waals surface area contributed by atoms with Crippen LogP contribution < -0.4 is 9.64 Å². The zero-order valence-electron chi connectivity index (χ0n) is 20.0. The second-order valence-corrected chi connectivity index (χ2v) is 9.98. The van der Waals surface area contributed by atoms with Gasteiger partial charge in [-0.3, -0.25) is 9.69 Å². The molecule has 6 nitrogen and oxygen atoms in total. The summed E-state index contributed by atoms with van der Waals surface area (Å²) >= 11 is 0. The van der Waals surface area contributed by atoms with Crippen molar-refractivity contribution in [2.45, 2.75) is 65.0 Å². The molecule has 3 heterocycles. The Morgan fingerprint density at radius 1 is 1.33 bits per heavy atom. The molecule has 174 valence electrons. The summed E-state index contributed by atoms with van der Waals surface area (Å²) in [5, 5.41) is 9.12. The van der Waals surface area contributed by atoms with Gasteiger partial charge in [0.2, 0.25) is 0 Å². The number of nitrogens with zero attached hydrogens (tertiary/aromatic N) is 3. The number of anilines is 1. The van der Waals surface area contributed by atoms with Crippen molar-refractivity contribution in [1.82, 2.24) is 4.90 Å². The van der Waals surface area contributed by atoms with Gasteiger partial charge in [-0.05, 0) is 81.9 Å². The highest BCUT2D eigenvalue weighted by Gasteiger charge is 2.40. The molecule has 0 radical (unpaired) electrons. The number of fused-ring (bicyclic) bond motifs is 4. The minimum Gasteiger partial charge on any atom is -0.481 e. The SMILES string of the molecule is CCN1CCCc2cc3c(cc21)OC1=CC2C(=CC1=N3)C(C)=CC(C)(C)N2CCCC(=O)O. The fraction of sp³-hybridized carbons (Fsp3) is 0.481. The molecule has 0 bridgehead atoms. The van der Waals surface area contributed by atoms with E-state index in [0.29, 0.717) is 13.0 Å². The number of aliphatic imine (C=N–C) groups is 1. The number of carboxylic acids is 1. The lowest BCUT2D eigenvalue weighted by Crippen LogP contribution is -2.53. The van der Waals surface area contributed by atoms with Gasteiger partial charge in [-0.2, -0.15) is 0 Å². The maximum Gasteiger partial charge on any atom is 0.303 e. The van der Waals surface area contributed by atoms with E-state index in [-0.39, 0.29) is 18.0 Å². The molecule has 3 aliphatic heterocycles. The van der Waals surface area contributed by atoms with Crippen LogP contribution in [0, 0.1) is 0 Å². The molecule has 4 aliphatic rings. The predicted octanol–water partition coefficient (Wildman–Crippen LogP) is 5.02. The van der Waals surface area contributed by atoms with Crippen molar-refractivity contribution in [3.8, 4) is 5.75 Å². The second kappa shape index (κ2) is 8.17. The lowest BCUT2D eigenvalue weighted by molar-refractivity contribution is -0.137. The summed E-state index contributed by atoms with van der Waals surface area (Å²) in [4.78, 5) is 20.9. The number of carbonyl (C=O) groups is 1. The summed E-state index contributed by atoms with van der Waals surface area (Å²) < 4.78 is 6.46. The number of allylic oxidation sites excluding steroid dienone is 1. The lowest BCUT2D eigenvalue weighted by atomic mass is 9.81. The van der Waals surface area contributed by atoms with Crippen LogP contribution in [-0.2, 0) is 11.2 Å². The Bertz CT molecular complexity index is 1130. The number of hydrogen-bond donors (Lipinski definition) is 1. The number of benzene rings is 1. The van der Waals surface area contributed by atoms with Gasteiger partial charge >= 0.3 is 5.97 Å². The Balaban J connectivity index is 1.52. The van der Waals surface area contributed by atoms with E-state index in [1.165, 1.54) is 28.8 Å². The Hall–Kier alpha value is -2.86. The van der Waals surface area contributed by atoms with E-state index in [9.17, 15) is 4.79 Å². The Morgan fingerprint density at radius 2 is 2.15 bits per heavy atom. The third-order valence-electron chi connectivity index (χ3n) is 7.28. The van der Waals surface area contributed by atoms with Crippen LogP contribution in [0.15, 0.2) is 52.3 Å². The van der Waals surface area contributed by atoms with E-state index in [1.807, 2.05) is 0 Å². The van der Waals surface area contributed by atoms with Crippen molar-refractivity contribution in [2.75, 3.05) is 24.5 Å². The number of carboxylic acid groups (broad SMARTS) is 1. The molecule has 0 saturated carbocycles. The van der Waals surface area contributed by atoms with Crippen LogP contribution >= 0.6 is 0 Å². The standard InChI is InChI=1S/C27H33N3O3/c1-5-29-10-6-8-18-12-20-24(14-22(18)29)33-25-15-23-19(13-21(25)28-20)17(2)16-27(3,4)30(23)11-7-9-26(31)32/h12-16,23H,5-11H2,1-4H3,(H,31,32). The van der Waals surface area contributed by atoms with Crippen LogP contribution in [0.2, 0.25) is 0 Å². The van der Waals surface area contributed by atoms with Gasteiger partial charge in [0.1, 0.15) is 11.4 Å². The summed E-state index contributed by atoms with van der Waals surface area (Å²) in [5.74, 6) is 0.866. The van der Waals surface area contributed by atoms with E-state index in [4.69, 9.17) is 14.8 Å². The molecule has 1 aromatic rings. The van der Waals surface area contributed by atoms with Crippen LogP contribution in [0.4, 0.5) is 11.4 Å². The number of ether oxygens (including phenoxy) is 1. The molecule has 1 atom stereocenters. The summed E-state index contributed by atoms with van der Waals surface area (Å²) in [6.07, 6.45) is 9.65. The van der Waals surface area contributed by atoms with Crippen molar-refractivity contribution >= 4 is 23.1 Å². The third kappa shape index (κ3) is 3.90. The fourth-order valence-corrected chi connectivity index (χ4v) is 5.71. The van der Waals surface area contributed by atoms with Crippen molar-refractivity contribution in [3.63, 3.8) is 0 Å². The third-order valence-corrected chi connectivity index (χ3v) is 7.28. The topological polar surface area (TPSA) is 65.4 Å². The van der Waals surface area contributed by atoms with Crippen molar-refractivity contribution in [3.05, 3.63) is 52.8 Å². The van der Waals surface area contributed by atoms with Gasteiger partial charge in [0.05, 0.1) is 6.04 Å². The van der Waals surface area contributed by atoms with Gasteiger partial charge in [-0.1, -0.05) is 6.08 Å². The van der Waals surface area contributed by atoms with E-state index >= 15 is 0 Å². The minimum atomic E-state index is -0.750. The van der Waals surface area contributed by atoms with Crippen molar-refractivity contribution in [2.24, 2.45) is 4.99 Å². The monoisotopic (exact) mass is 447 g/mol. The molecule has 0 spiro atoms. The van der Waals surface area contributed by atoms with Gasteiger partial charge < -0.3 is 14.7 Å². The molecule has 0 aromatic heterocycles. The number of aliphatic carboxylic acids is 1. The van der Waals surface area contributed by atoms with Gasteiger partial charge in [0.25, 0.3) is 0 Å². The zero-order chi connectivity index (χ0) is 23.3. The molecule has 1 aliphatic carbocycles. The molecule has 5 rings (SSSR count). The molecular formula is C27H33N3O3. The lowest BCUT2D eigenvalue weighted by Gasteiger charge is -2.47. The van der Waals surface area contributed by atoms with Crippen LogP contribution in [-0.4, -0.2) is 52.9 Å². The molecule has 0 amide bonds. The first-order valence-corrected chi connectivity index (χ1v) is 12.1. The first-order valence-electron chi connectivity index (χ1n) is 12.1. The average Bonchev–Trinajstić information content (AvgIpc) is 2.76.